The molecule has 0 radical (unpaired) electrons. The van der Waals surface area contributed by atoms with Crippen molar-refractivity contribution in [1.29, 1.82) is 0 Å². The standard InChI is InChI=1S/C38H40Cl2FN5O6/c1-45-28-12-15-46(16-17-47)20-27(28)43-35(45)36(48)44-26-9-4-8-24(32(26)39)21-6-3-7-23-22(21)10-11-29(23)52-31-18-30(51-2)25(34(41)33(31)40)19-42-38(37(49)50)13-5-14-38/h3-4,6-9,18,29,42,47H,5,10-17,19-20H2,1-2H3,(H,44,48)(H,49,50). The number of aliphatic carboxylic acids is 1. The predicted molar refractivity (Wildman–Crippen MR) is 195 cm³/mol. The molecule has 4 N–H and O–H groups in total. The van der Waals surface area contributed by atoms with E-state index in [1.165, 1.54) is 7.11 Å². The number of hydrogen-bond acceptors (Lipinski definition) is 8. The molecule has 11 nitrogen and oxygen atoms in total. The van der Waals surface area contributed by atoms with Crippen molar-refractivity contribution < 1.29 is 33.7 Å². The minimum atomic E-state index is -1.08. The summed E-state index contributed by atoms with van der Waals surface area (Å²) < 4.78 is 29.4. The first-order valence-corrected chi connectivity index (χ1v) is 18.1. The molecule has 1 unspecified atom stereocenters. The third-order valence-electron chi connectivity index (χ3n) is 10.6. The second-order valence-corrected chi connectivity index (χ2v) is 14.3. The first kappa shape index (κ1) is 36.2. The number of nitrogens with one attached hydrogen (secondary N) is 2. The number of hydrogen-bond donors (Lipinski definition) is 4. The van der Waals surface area contributed by atoms with Gasteiger partial charge in [-0.15, -0.1) is 0 Å². The van der Waals surface area contributed by atoms with Crippen LogP contribution in [0.4, 0.5) is 10.1 Å². The van der Waals surface area contributed by atoms with Gasteiger partial charge in [-0.1, -0.05) is 53.5 Å². The van der Waals surface area contributed by atoms with Crippen LogP contribution in [0.2, 0.25) is 10.0 Å². The van der Waals surface area contributed by atoms with Gasteiger partial charge in [0, 0.05) is 62.5 Å². The largest absolute Gasteiger partial charge is 0.496 e. The zero-order valence-corrected chi connectivity index (χ0v) is 30.4. The van der Waals surface area contributed by atoms with Crippen LogP contribution < -0.4 is 20.1 Å². The van der Waals surface area contributed by atoms with Gasteiger partial charge < -0.3 is 29.6 Å². The summed E-state index contributed by atoms with van der Waals surface area (Å²) in [6.45, 7) is 1.92. The average molecular weight is 753 g/mol. The van der Waals surface area contributed by atoms with E-state index in [0.717, 1.165) is 53.0 Å². The molecule has 3 aromatic carbocycles. The Labute approximate surface area is 310 Å². The third-order valence-corrected chi connectivity index (χ3v) is 11.4. The fraction of sp³-hybridized carbons (Fsp3) is 0.395. The zero-order chi connectivity index (χ0) is 36.7. The molecule has 0 bridgehead atoms. The summed E-state index contributed by atoms with van der Waals surface area (Å²) in [6, 6.07) is 12.9. The number of halogens is 3. The second kappa shape index (κ2) is 14.7. The summed E-state index contributed by atoms with van der Waals surface area (Å²) in [4.78, 5) is 32.1. The first-order chi connectivity index (χ1) is 25.0. The molecule has 52 heavy (non-hydrogen) atoms. The number of carbonyl (C=O) groups excluding carboxylic acids is 1. The molecule has 1 saturated carbocycles. The Morgan fingerprint density at radius 3 is 2.58 bits per heavy atom. The van der Waals surface area contributed by atoms with E-state index in [0.29, 0.717) is 49.5 Å². The van der Waals surface area contributed by atoms with E-state index >= 15 is 4.39 Å². The average Bonchev–Trinajstić information content (AvgIpc) is 3.68. The van der Waals surface area contributed by atoms with E-state index in [9.17, 15) is 19.8 Å². The van der Waals surface area contributed by atoms with Crippen LogP contribution in [-0.2, 0) is 37.8 Å². The van der Waals surface area contributed by atoms with E-state index in [1.807, 2.05) is 41.9 Å². The highest BCUT2D eigenvalue weighted by molar-refractivity contribution is 6.36. The smallest absolute Gasteiger partial charge is 0.323 e. The number of aromatic nitrogens is 2. The summed E-state index contributed by atoms with van der Waals surface area (Å²) in [5.74, 6) is -1.44. The molecule has 1 amide bonds. The predicted octanol–water partition coefficient (Wildman–Crippen LogP) is 6.31. The highest BCUT2D eigenvalue weighted by Gasteiger charge is 2.44. The Kier molecular flexibility index (Phi) is 10.2. The minimum absolute atomic E-state index is 0.0643. The fourth-order valence-electron chi connectivity index (χ4n) is 7.58. The Bertz CT molecular complexity index is 2050. The van der Waals surface area contributed by atoms with Crippen molar-refractivity contribution in [3.05, 3.63) is 92.2 Å². The number of fused-ring (bicyclic) bond motifs is 2. The van der Waals surface area contributed by atoms with Crippen LogP contribution in [0.5, 0.6) is 11.5 Å². The lowest BCUT2D eigenvalue weighted by molar-refractivity contribution is -0.148. The number of carboxylic acid groups (broad SMARTS) is 1. The minimum Gasteiger partial charge on any atom is -0.496 e. The topological polar surface area (TPSA) is 138 Å². The molecule has 2 heterocycles. The lowest BCUT2D eigenvalue weighted by Gasteiger charge is -2.38. The summed E-state index contributed by atoms with van der Waals surface area (Å²) in [7, 11) is 3.25. The molecule has 7 rings (SSSR count). The number of benzene rings is 3. The number of imidazole rings is 1. The van der Waals surface area contributed by atoms with Gasteiger partial charge in [-0.05, 0) is 54.9 Å². The molecule has 1 aromatic heterocycles. The molecule has 3 aliphatic rings. The van der Waals surface area contributed by atoms with Crippen LogP contribution >= 0.6 is 23.2 Å². The van der Waals surface area contributed by atoms with Gasteiger partial charge in [0.15, 0.2) is 11.6 Å². The Balaban J connectivity index is 1.10. The van der Waals surface area contributed by atoms with E-state index in [2.05, 4.69) is 20.5 Å². The van der Waals surface area contributed by atoms with Crippen molar-refractivity contribution in [1.82, 2.24) is 19.8 Å². The van der Waals surface area contributed by atoms with E-state index in [-0.39, 0.29) is 47.0 Å². The van der Waals surface area contributed by atoms with Gasteiger partial charge in [-0.2, -0.15) is 0 Å². The molecular formula is C38H40Cl2FN5O6. The molecule has 1 aliphatic heterocycles. The number of rotatable bonds is 12. The molecule has 0 spiro atoms. The maximum Gasteiger partial charge on any atom is 0.323 e. The Morgan fingerprint density at radius 1 is 1.10 bits per heavy atom. The molecule has 14 heteroatoms. The summed E-state index contributed by atoms with van der Waals surface area (Å²) in [5.41, 5.74) is 4.89. The van der Waals surface area contributed by atoms with Crippen molar-refractivity contribution in [2.45, 2.75) is 63.3 Å². The highest BCUT2D eigenvalue weighted by atomic mass is 35.5. The number of aliphatic hydroxyl groups excluding tert-OH is 1. The first-order valence-electron chi connectivity index (χ1n) is 17.3. The van der Waals surface area contributed by atoms with Gasteiger partial charge in [-0.25, -0.2) is 9.37 Å². The van der Waals surface area contributed by atoms with E-state index in [4.69, 9.17) is 32.7 Å². The summed E-state index contributed by atoms with van der Waals surface area (Å²) in [6.07, 6.45) is 3.27. The highest BCUT2D eigenvalue weighted by Crippen LogP contribution is 2.46. The normalized spacial score (nSPS) is 17.6. The summed E-state index contributed by atoms with van der Waals surface area (Å²) >= 11 is 13.5. The van der Waals surface area contributed by atoms with Crippen LogP contribution in [0, 0.1) is 5.82 Å². The number of β-amino-alcohol motifs (C(OH)–C–C–N with tert-alkyl or cyclic N) is 1. The number of ether oxygens (including phenoxy) is 2. The number of carbonyl (C=O) groups is 2. The Morgan fingerprint density at radius 2 is 1.87 bits per heavy atom. The number of anilines is 1. The SMILES string of the molecule is COc1cc(OC2CCc3c(-c4cccc(NC(=O)c5nc6c(n5C)CCN(CCO)C6)c4Cl)cccc32)c(Cl)c(F)c1CNC1(C(=O)O)CCC1. The van der Waals surface area contributed by atoms with Gasteiger partial charge >= 0.3 is 5.97 Å². The van der Waals surface area contributed by atoms with Gasteiger partial charge in [0.1, 0.15) is 28.2 Å². The number of amides is 1. The number of methoxy groups -OCH3 is 1. The van der Waals surface area contributed by atoms with Crippen LogP contribution in [0.3, 0.4) is 0 Å². The molecular weight excluding hydrogens is 712 g/mol. The van der Waals surface area contributed by atoms with Gasteiger partial charge in [0.2, 0.25) is 0 Å². The second-order valence-electron chi connectivity index (χ2n) is 13.6. The number of aliphatic hydroxyl groups is 1. The van der Waals surface area contributed by atoms with Crippen LogP contribution in [-0.4, -0.2) is 68.9 Å². The fourth-order valence-corrected chi connectivity index (χ4v) is 8.07. The lowest BCUT2D eigenvalue weighted by Crippen LogP contribution is -2.56. The molecule has 4 aromatic rings. The maximum atomic E-state index is 15.7. The summed E-state index contributed by atoms with van der Waals surface area (Å²) in [5, 5.41) is 25.2. The lowest BCUT2D eigenvalue weighted by atomic mass is 9.76. The van der Waals surface area contributed by atoms with Crippen molar-refractivity contribution in [2.24, 2.45) is 7.05 Å². The van der Waals surface area contributed by atoms with Gasteiger partial charge in [-0.3, -0.25) is 19.8 Å². The van der Waals surface area contributed by atoms with Gasteiger partial charge in [0.25, 0.3) is 5.91 Å². The van der Waals surface area contributed by atoms with Crippen molar-refractivity contribution >= 4 is 40.8 Å². The van der Waals surface area contributed by atoms with E-state index in [1.54, 1.807) is 12.1 Å². The van der Waals surface area contributed by atoms with Crippen LogP contribution in [0.1, 0.15) is 70.5 Å². The van der Waals surface area contributed by atoms with Crippen molar-refractivity contribution in [2.75, 3.05) is 32.1 Å². The van der Waals surface area contributed by atoms with Crippen LogP contribution in [0.15, 0.2) is 42.5 Å². The van der Waals surface area contributed by atoms with Crippen molar-refractivity contribution in [3.8, 4) is 22.6 Å². The van der Waals surface area contributed by atoms with Crippen molar-refractivity contribution in [3.63, 3.8) is 0 Å². The van der Waals surface area contributed by atoms with E-state index < -0.39 is 23.4 Å². The number of nitrogens with zero attached hydrogens (tertiary/aromatic N) is 3. The number of carboxylic acids is 1. The Hall–Kier alpha value is -4.20. The zero-order valence-electron chi connectivity index (χ0n) is 28.9. The maximum absolute atomic E-state index is 15.7. The van der Waals surface area contributed by atoms with Crippen LogP contribution in [0.25, 0.3) is 11.1 Å². The third kappa shape index (κ3) is 6.51. The molecule has 0 saturated heterocycles. The quantitative estimate of drug-likeness (QED) is 0.131. The molecule has 2 aliphatic carbocycles. The molecule has 274 valence electrons. The monoisotopic (exact) mass is 751 g/mol. The molecule has 1 fully saturated rings. The van der Waals surface area contributed by atoms with Gasteiger partial charge in [0.05, 0.1) is 30.1 Å². The molecule has 1 atom stereocenters.